The summed E-state index contributed by atoms with van der Waals surface area (Å²) in [5, 5.41) is 15.4. The van der Waals surface area contributed by atoms with Gasteiger partial charge in [0.25, 0.3) is 21.6 Å². The topological polar surface area (TPSA) is 144 Å². The lowest BCUT2D eigenvalue weighted by Crippen LogP contribution is -2.39. The monoisotopic (exact) mass is 517 g/mol. The number of hydrogen-bond acceptors (Lipinski definition) is 8. The number of pyridine rings is 1. The summed E-state index contributed by atoms with van der Waals surface area (Å²) in [7, 11) is -3.15. The molecule has 0 bridgehead atoms. The van der Waals surface area contributed by atoms with E-state index in [1.54, 1.807) is 24.5 Å². The quantitative estimate of drug-likeness (QED) is 0.260. The van der Waals surface area contributed by atoms with Gasteiger partial charge in [0.2, 0.25) is 0 Å². The Morgan fingerprint density at radius 1 is 1.23 bits per heavy atom. The fourth-order valence-electron chi connectivity index (χ4n) is 3.03. The highest BCUT2D eigenvalue weighted by molar-refractivity contribution is 7.92. The van der Waals surface area contributed by atoms with Crippen LogP contribution in [0.3, 0.4) is 0 Å². The SMILES string of the molecule is COc1ccc(Cl)cc1N(CC(=O)N/N=C\c1ccncc1)S(=O)(=O)c1ccc(C)c([N+](=O)[O-])c1. The summed E-state index contributed by atoms with van der Waals surface area (Å²) < 4.78 is 33.2. The van der Waals surface area contributed by atoms with Crippen LogP contribution in [-0.2, 0) is 14.8 Å². The largest absolute Gasteiger partial charge is 0.495 e. The van der Waals surface area contributed by atoms with E-state index in [9.17, 15) is 23.3 Å². The van der Waals surface area contributed by atoms with Crippen molar-refractivity contribution in [3.63, 3.8) is 0 Å². The summed E-state index contributed by atoms with van der Waals surface area (Å²) in [4.78, 5) is 26.9. The normalized spacial score (nSPS) is 11.3. The molecule has 0 unspecified atom stereocenters. The third-order valence-electron chi connectivity index (χ3n) is 4.77. The second-order valence-corrected chi connectivity index (χ2v) is 9.41. The third kappa shape index (κ3) is 6.11. The van der Waals surface area contributed by atoms with Gasteiger partial charge in [-0.1, -0.05) is 17.7 Å². The molecule has 0 aliphatic carbocycles. The van der Waals surface area contributed by atoms with Gasteiger partial charge in [-0.3, -0.25) is 24.2 Å². The molecule has 0 saturated heterocycles. The number of ether oxygens (including phenoxy) is 1. The minimum atomic E-state index is -4.48. The lowest BCUT2D eigenvalue weighted by Gasteiger charge is -2.25. The third-order valence-corrected chi connectivity index (χ3v) is 6.76. The highest BCUT2D eigenvalue weighted by Gasteiger charge is 2.31. The van der Waals surface area contributed by atoms with E-state index in [0.29, 0.717) is 5.56 Å². The molecule has 0 spiro atoms. The molecule has 0 fully saturated rings. The lowest BCUT2D eigenvalue weighted by atomic mass is 10.2. The zero-order chi connectivity index (χ0) is 25.6. The van der Waals surface area contributed by atoms with Crippen LogP contribution in [0.2, 0.25) is 5.02 Å². The molecule has 1 aromatic heterocycles. The summed E-state index contributed by atoms with van der Waals surface area (Å²) >= 11 is 6.09. The highest BCUT2D eigenvalue weighted by Crippen LogP contribution is 2.35. The molecule has 0 saturated carbocycles. The predicted molar refractivity (Wildman–Crippen MR) is 130 cm³/mol. The van der Waals surface area contributed by atoms with Crippen LogP contribution < -0.4 is 14.5 Å². The van der Waals surface area contributed by atoms with E-state index in [-0.39, 0.29) is 32.6 Å². The number of rotatable bonds is 9. The van der Waals surface area contributed by atoms with Crippen LogP contribution >= 0.6 is 11.6 Å². The molecule has 1 heterocycles. The zero-order valence-corrected chi connectivity index (χ0v) is 20.2. The maximum absolute atomic E-state index is 13.6. The van der Waals surface area contributed by atoms with Gasteiger partial charge in [-0.2, -0.15) is 5.10 Å². The summed E-state index contributed by atoms with van der Waals surface area (Å²) in [6.45, 7) is 0.773. The van der Waals surface area contributed by atoms with Crippen molar-refractivity contribution >= 4 is 45.1 Å². The number of hydrogen-bond donors (Lipinski definition) is 1. The maximum Gasteiger partial charge on any atom is 0.273 e. The van der Waals surface area contributed by atoms with Crippen molar-refractivity contribution in [2.24, 2.45) is 5.10 Å². The molecular formula is C22H20ClN5O6S. The number of nitrogens with one attached hydrogen (secondary N) is 1. The fraction of sp³-hybridized carbons (Fsp3) is 0.136. The Morgan fingerprint density at radius 3 is 2.60 bits per heavy atom. The van der Waals surface area contributed by atoms with Gasteiger partial charge in [0.05, 0.1) is 28.8 Å². The van der Waals surface area contributed by atoms with E-state index in [4.69, 9.17) is 16.3 Å². The molecule has 0 aliphatic heterocycles. The van der Waals surface area contributed by atoms with E-state index >= 15 is 0 Å². The average Bonchev–Trinajstić information content (AvgIpc) is 2.83. The van der Waals surface area contributed by atoms with Gasteiger partial charge in [0, 0.05) is 29.0 Å². The van der Waals surface area contributed by atoms with Crippen molar-refractivity contribution in [3.05, 3.63) is 87.2 Å². The summed E-state index contributed by atoms with van der Waals surface area (Å²) in [6, 6.07) is 11.0. The predicted octanol–water partition coefficient (Wildman–Crippen LogP) is 3.31. The van der Waals surface area contributed by atoms with Gasteiger partial charge < -0.3 is 4.74 Å². The Kier molecular flexibility index (Phi) is 7.99. The van der Waals surface area contributed by atoms with Crippen molar-refractivity contribution in [2.75, 3.05) is 18.0 Å². The molecule has 0 aliphatic rings. The number of nitro groups is 1. The first-order valence-electron chi connectivity index (χ1n) is 9.96. The second-order valence-electron chi connectivity index (χ2n) is 7.11. The summed E-state index contributed by atoms with van der Waals surface area (Å²) in [5.41, 5.74) is 2.80. The van der Waals surface area contributed by atoms with Crippen LogP contribution in [0.1, 0.15) is 11.1 Å². The van der Waals surface area contributed by atoms with Gasteiger partial charge in [-0.05, 0) is 48.9 Å². The number of nitro benzene ring substituents is 1. The molecule has 0 atom stereocenters. The number of nitrogens with zero attached hydrogens (tertiary/aromatic N) is 4. The molecule has 182 valence electrons. The first-order chi connectivity index (χ1) is 16.6. The summed E-state index contributed by atoms with van der Waals surface area (Å²) in [6.07, 6.45) is 4.45. The Balaban J connectivity index is 2.01. The van der Waals surface area contributed by atoms with Gasteiger partial charge in [-0.15, -0.1) is 0 Å². The maximum atomic E-state index is 13.6. The number of carbonyl (C=O) groups excluding carboxylic acids is 1. The van der Waals surface area contributed by atoms with Crippen molar-refractivity contribution < 1.29 is 22.9 Å². The van der Waals surface area contributed by atoms with Crippen molar-refractivity contribution in [2.45, 2.75) is 11.8 Å². The number of hydrazone groups is 1. The van der Waals surface area contributed by atoms with Crippen LogP contribution in [0.4, 0.5) is 11.4 Å². The number of benzene rings is 2. The molecule has 0 radical (unpaired) electrons. The van der Waals surface area contributed by atoms with E-state index in [1.807, 2.05) is 0 Å². The number of sulfonamides is 1. The van der Waals surface area contributed by atoms with Crippen LogP contribution in [0.15, 0.2) is 70.9 Å². The van der Waals surface area contributed by atoms with Crippen LogP contribution in [-0.4, -0.2) is 44.1 Å². The number of carbonyl (C=O) groups is 1. The minimum absolute atomic E-state index is 0.0310. The first kappa shape index (κ1) is 25.6. The van der Waals surface area contributed by atoms with E-state index in [2.05, 4.69) is 15.5 Å². The Bertz CT molecular complexity index is 1380. The second kappa shape index (κ2) is 10.9. The Morgan fingerprint density at radius 2 is 1.94 bits per heavy atom. The van der Waals surface area contributed by atoms with Gasteiger partial charge >= 0.3 is 0 Å². The Hall–Kier alpha value is -4.03. The van der Waals surface area contributed by atoms with Gasteiger partial charge in [0.15, 0.2) is 0 Å². The molecule has 1 amide bonds. The zero-order valence-electron chi connectivity index (χ0n) is 18.6. The molecule has 1 N–H and O–H groups in total. The minimum Gasteiger partial charge on any atom is -0.495 e. The average molecular weight is 518 g/mol. The van der Waals surface area contributed by atoms with Crippen LogP contribution in [0.5, 0.6) is 5.75 Å². The molecule has 11 nitrogen and oxygen atoms in total. The molecule has 3 aromatic rings. The van der Waals surface area contributed by atoms with E-state index < -0.39 is 27.4 Å². The molecular weight excluding hydrogens is 498 g/mol. The molecule has 3 rings (SSSR count). The number of aryl methyl sites for hydroxylation is 1. The Labute approximate surface area is 206 Å². The standard InChI is InChI=1S/C22H20ClN5O6S/c1-15-3-5-18(12-19(15)28(30)31)35(32,33)27(20-11-17(23)4-6-21(20)34-2)14-22(29)26-25-13-16-7-9-24-10-8-16/h3-13H,14H2,1-2H3,(H,26,29)/b25-13-. The lowest BCUT2D eigenvalue weighted by molar-refractivity contribution is -0.385. The summed E-state index contributed by atoms with van der Waals surface area (Å²) in [5.74, 6) is -0.657. The first-order valence-corrected chi connectivity index (χ1v) is 11.8. The molecule has 13 heteroatoms. The number of aromatic nitrogens is 1. The van der Waals surface area contributed by atoms with Gasteiger partial charge in [-0.25, -0.2) is 13.8 Å². The van der Waals surface area contributed by atoms with Crippen LogP contribution in [0, 0.1) is 17.0 Å². The van der Waals surface area contributed by atoms with Crippen molar-refractivity contribution in [3.8, 4) is 5.75 Å². The highest BCUT2D eigenvalue weighted by atomic mass is 35.5. The molecule has 35 heavy (non-hydrogen) atoms. The fourth-order valence-corrected chi connectivity index (χ4v) is 4.64. The van der Waals surface area contributed by atoms with Crippen molar-refractivity contribution in [1.29, 1.82) is 0 Å². The van der Waals surface area contributed by atoms with E-state index in [1.165, 1.54) is 50.6 Å². The molecule has 2 aromatic carbocycles. The number of methoxy groups -OCH3 is 1. The van der Waals surface area contributed by atoms with Crippen molar-refractivity contribution in [1.82, 2.24) is 10.4 Å². The van der Waals surface area contributed by atoms with Gasteiger partial charge in [0.1, 0.15) is 12.3 Å². The smallest absolute Gasteiger partial charge is 0.273 e. The number of halogens is 1. The van der Waals surface area contributed by atoms with Crippen LogP contribution in [0.25, 0.3) is 0 Å². The van der Waals surface area contributed by atoms with E-state index in [0.717, 1.165) is 10.4 Å². The number of anilines is 1. The number of amides is 1.